The highest BCUT2D eigenvalue weighted by atomic mass is 32.2. The lowest BCUT2D eigenvalue weighted by molar-refractivity contribution is 0.622. The minimum atomic E-state index is -1.35. The smallest absolute Gasteiger partial charge is 0.151 e. The van der Waals surface area contributed by atoms with E-state index in [2.05, 4.69) is 12.1 Å². The highest BCUT2D eigenvalue weighted by Gasteiger charge is 2.23. The van der Waals surface area contributed by atoms with E-state index in [0.717, 1.165) is 37.1 Å². The van der Waals surface area contributed by atoms with Gasteiger partial charge in [-0.25, -0.2) is 4.21 Å². The van der Waals surface area contributed by atoms with E-state index in [1.807, 2.05) is 84.9 Å². The van der Waals surface area contributed by atoms with Crippen LogP contribution in [0.15, 0.2) is 111 Å². The van der Waals surface area contributed by atoms with Gasteiger partial charge in [-0.3, -0.25) is 0 Å². The Kier molecular flexibility index (Phi) is 3.88. The van der Waals surface area contributed by atoms with Crippen LogP contribution in [0.3, 0.4) is 0 Å². The van der Waals surface area contributed by atoms with Crippen LogP contribution in [0.4, 0.5) is 0 Å². The average molecular weight is 368 g/mol. The molecule has 130 valence electrons. The van der Waals surface area contributed by atoms with Gasteiger partial charge in [-0.15, -0.1) is 0 Å². The Hall–Kier alpha value is -3.17. The summed E-state index contributed by atoms with van der Waals surface area (Å²) >= 11 is 0. The van der Waals surface area contributed by atoms with Crippen molar-refractivity contribution in [3.63, 3.8) is 0 Å². The first-order chi connectivity index (χ1) is 13.3. The van der Waals surface area contributed by atoms with E-state index in [1.54, 1.807) is 0 Å². The van der Waals surface area contributed by atoms with Crippen molar-refractivity contribution in [2.45, 2.75) is 9.79 Å². The SMILES string of the molecule is O=[S@](c1ccccc1)c1c(-c2ccccc2)oc2ccc3ccccc3c12. The molecule has 0 fully saturated rings. The zero-order valence-corrected chi connectivity index (χ0v) is 15.3. The van der Waals surface area contributed by atoms with Crippen LogP contribution < -0.4 is 0 Å². The second kappa shape index (κ2) is 6.53. The van der Waals surface area contributed by atoms with E-state index in [1.165, 1.54) is 0 Å². The fraction of sp³-hybridized carbons (Fsp3) is 0. The predicted molar refractivity (Wildman–Crippen MR) is 110 cm³/mol. The van der Waals surface area contributed by atoms with E-state index in [-0.39, 0.29) is 0 Å². The van der Waals surface area contributed by atoms with Crippen molar-refractivity contribution >= 4 is 32.5 Å². The van der Waals surface area contributed by atoms with E-state index in [9.17, 15) is 4.21 Å². The van der Waals surface area contributed by atoms with Crippen LogP contribution in [-0.2, 0) is 10.8 Å². The van der Waals surface area contributed by atoms with Gasteiger partial charge in [0.25, 0.3) is 0 Å². The standard InChI is InChI=1S/C24H16O2S/c25-27(19-12-5-2-6-13-19)24-22-20-14-8-7-9-17(20)15-16-21(22)26-23(24)18-10-3-1-4-11-18/h1-16H/t27-/m1/s1. The van der Waals surface area contributed by atoms with Gasteiger partial charge in [0.05, 0.1) is 15.7 Å². The van der Waals surface area contributed by atoms with E-state index in [4.69, 9.17) is 4.42 Å². The van der Waals surface area contributed by atoms with Gasteiger partial charge in [0.1, 0.15) is 5.58 Å². The van der Waals surface area contributed by atoms with Crippen LogP contribution in [-0.4, -0.2) is 4.21 Å². The first-order valence-corrected chi connectivity index (χ1v) is 9.94. The third-order valence-corrected chi connectivity index (χ3v) is 6.18. The summed E-state index contributed by atoms with van der Waals surface area (Å²) in [4.78, 5) is 1.50. The molecule has 1 heterocycles. The molecule has 1 atom stereocenters. The molecular formula is C24H16O2S. The van der Waals surface area contributed by atoms with Gasteiger partial charge in [0, 0.05) is 15.8 Å². The number of furan rings is 1. The molecule has 0 spiro atoms. The van der Waals surface area contributed by atoms with Crippen molar-refractivity contribution < 1.29 is 8.63 Å². The van der Waals surface area contributed by atoms with Crippen molar-refractivity contribution in [3.05, 3.63) is 97.1 Å². The number of hydrogen-bond donors (Lipinski definition) is 0. The van der Waals surface area contributed by atoms with Gasteiger partial charge in [-0.1, -0.05) is 78.9 Å². The van der Waals surface area contributed by atoms with E-state index in [0.29, 0.717) is 5.76 Å². The van der Waals surface area contributed by atoms with Gasteiger partial charge in [0.2, 0.25) is 0 Å². The number of fused-ring (bicyclic) bond motifs is 3. The summed E-state index contributed by atoms with van der Waals surface area (Å²) in [6, 6.07) is 31.6. The third kappa shape index (κ3) is 2.68. The zero-order valence-electron chi connectivity index (χ0n) is 14.5. The minimum absolute atomic E-state index is 0.670. The molecule has 27 heavy (non-hydrogen) atoms. The molecule has 0 aliphatic rings. The van der Waals surface area contributed by atoms with Crippen LogP contribution >= 0.6 is 0 Å². The van der Waals surface area contributed by atoms with E-state index < -0.39 is 10.8 Å². The second-order valence-electron chi connectivity index (χ2n) is 6.37. The molecule has 3 heteroatoms. The lowest BCUT2D eigenvalue weighted by atomic mass is 10.1. The van der Waals surface area contributed by atoms with Crippen molar-refractivity contribution in [1.82, 2.24) is 0 Å². The molecule has 2 nitrogen and oxygen atoms in total. The summed E-state index contributed by atoms with van der Waals surface area (Å²) in [5.74, 6) is 0.670. The van der Waals surface area contributed by atoms with Crippen LogP contribution in [0.5, 0.6) is 0 Å². The van der Waals surface area contributed by atoms with Gasteiger partial charge < -0.3 is 4.42 Å². The molecule has 0 aliphatic heterocycles. The highest BCUT2D eigenvalue weighted by Crippen LogP contribution is 2.41. The van der Waals surface area contributed by atoms with Gasteiger partial charge >= 0.3 is 0 Å². The molecule has 0 bridgehead atoms. The Labute approximate surface area is 159 Å². The summed E-state index contributed by atoms with van der Waals surface area (Å²) in [6.45, 7) is 0. The van der Waals surface area contributed by atoms with Crippen molar-refractivity contribution in [1.29, 1.82) is 0 Å². The zero-order chi connectivity index (χ0) is 18.2. The monoisotopic (exact) mass is 368 g/mol. The Morgan fingerprint density at radius 3 is 2.11 bits per heavy atom. The van der Waals surface area contributed by atoms with E-state index >= 15 is 0 Å². The topological polar surface area (TPSA) is 30.2 Å². The lowest BCUT2D eigenvalue weighted by Gasteiger charge is -2.05. The quantitative estimate of drug-likeness (QED) is 0.368. The third-order valence-electron chi connectivity index (χ3n) is 4.71. The second-order valence-corrected chi connectivity index (χ2v) is 7.79. The maximum absolute atomic E-state index is 13.6. The largest absolute Gasteiger partial charge is 0.455 e. The van der Waals surface area contributed by atoms with Gasteiger partial charge in [-0.2, -0.15) is 0 Å². The molecule has 1 aromatic heterocycles. The number of hydrogen-bond acceptors (Lipinski definition) is 2. The fourth-order valence-electron chi connectivity index (χ4n) is 3.46. The highest BCUT2D eigenvalue weighted by molar-refractivity contribution is 7.85. The molecule has 0 amide bonds. The molecule has 5 aromatic rings. The molecule has 0 unspecified atom stereocenters. The molecule has 0 saturated heterocycles. The first-order valence-electron chi connectivity index (χ1n) is 8.79. The fourth-order valence-corrected chi connectivity index (χ4v) is 4.82. The normalized spacial score (nSPS) is 12.4. The Bertz CT molecular complexity index is 1270. The Balaban J connectivity index is 1.90. The summed E-state index contributed by atoms with van der Waals surface area (Å²) in [6.07, 6.45) is 0. The van der Waals surface area contributed by atoms with Crippen LogP contribution in [0.25, 0.3) is 33.1 Å². The molecule has 0 radical (unpaired) electrons. The molecule has 5 rings (SSSR count). The predicted octanol–water partition coefficient (Wildman–Crippen LogP) is 6.42. The molecule has 4 aromatic carbocycles. The van der Waals surface area contributed by atoms with Crippen molar-refractivity contribution in [2.75, 3.05) is 0 Å². The number of benzene rings is 4. The number of rotatable bonds is 3. The molecule has 0 N–H and O–H groups in total. The summed E-state index contributed by atoms with van der Waals surface area (Å²) < 4.78 is 19.9. The van der Waals surface area contributed by atoms with Crippen molar-refractivity contribution in [3.8, 4) is 11.3 Å². The van der Waals surface area contributed by atoms with Gasteiger partial charge in [-0.05, 0) is 29.0 Å². The molecule has 0 aliphatic carbocycles. The van der Waals surface area contributed by atoms with Crippen LogP contribution in [0, 0.1) is 0 Å². The van der Waals surface area contributed by atoms with Crippen LogP contribution in [0.1, 0.15) is 0 Å². The molecular weight excluding hydrogens is 352 g/mol. The lowest BCUT2D eigenvalue weighted by Crippen LogP contribution is -1.94. The van der Waals surface area contributed by atoms with Crippen LogP contribution in [0.2, 0.25) is 0 Å². The minimum Gasteiger partial charge on any atom is -0.455 e. The Morgan fingerprint density at radius 1 is 0.667 bits per heavy atom. The van der Waals surface area contributed by atoms with Crippen molar-refractivity contribution in [2.24, 2.45) is 0 Å². The summed E-state index contributed by atoms with van der Waals surface area (Å²) in [5.41, 5.74) is 1.68. The Morgan fingerprint density at radius 2 is 1.33 bits per heavy atom. The maximum atomic E-state index is 13.6. The molecule has 0 saturated carbocycles. The average Bonchev–Trinajstić information content (AvgIpc) is 3.14. The maximum Gasteiger partial charge on any atom is 0.151 e. The summed E-state index contributed by atoms with van der Waals surface area (Å²) in [5, 5.41) is 3.09. The first kappa shape index (κ1) is 16.0. The summed E-state index contributed by atoms with van der Waals surface area (Å²) in [7, 11) is -1.35. The van der Waals surface area contributed by atoms with Gasteiger partial charge in [0.15, 0.2) is 5.76 Å².